The molecule has 1 aliphatic rings. The molecule has 0 aromatic carbocycles. The van der Waals surface area contributed by atoms with E-state index in [4.69, 9.17) is 4.74 Å². The van der Waals surface area contributed by atoms with Crippen LogP contribution in [-0.4, -0.2) is 29.1 Å². The van der Waals surface area contributed by atoms with Gasteiger partial charge in [0, 0.05) is 12.7 Å². The Morgan fingerprint density at radius 1 is 1.56 bits per heavy atom. The fraction of sp³-hybridized carbons (Fsp3) is 0.364. The molecule has 1 N–H and O–H groups in total. The van der Waals surface area contributed by atoms with Crippen LogP contribution >= 0.6 is 0 Å². The van der Waals surface area contributed by atoms with Crippen LogP contribution in [0.5, 0.6) is 0 Å². The maximum atomic E-state index is 13.0. The van der Waals surface area contributed by atoms with Crippen LogP contribution in [0, 0.1) is 5.82 Å². The van der Waals surface area contributed by atoms with Crippen molar-refractivity contribution in [1.82, 2.24) is 14.7 Å². The molecule has 0 saturated carbocycles. The number of hydrogen-bond donors (Lipinski definition) is 1. The van der Waals surface area contributed by atoms with Gasteiger partial charge in [0.25, 0.3) is 0 Å². The quantitative estimate of drug-likeness (QED) is 0.784. The number of hydrogen-bond acceptors (Lipinski definition) is 3. The molecule has 0 spiro atoms. The summed E-state index contributed by atoms with van der Waals surface area (Å²) in [6.45, 7) is 2.16. The number of halogens is 1. The third kappa shape index (κ3) is 1.58. The number of nitrogens with one attached hydrogen (secondary N) is 1. The summed E-state index contributed by atoms with van der Waals surface area (Å²) in [4.78, 5) is 4.31. The summed E-state index contributed by atoms with van der Waals surface area (Å²) in [5.74, 6) is 0.626. The number of nitrogens with zero attached hydrogens (tertiary/aromatic N) is 2. The highest BCUT2D eigenvalue weighted by molar-refractivity contribution is 5.46. The van der Waals surface area contributed by atoms with E-state index in [9.17, 15) is 4.39 Å². The van der Waals surface area contributed by atoms with E-state index < -0.39 is 0 Å². The average molecular weight is 221 g/mol. The molecule has 84 valence electrons. The molecule has 1 aliphatic heterocycles. The number of imidazole rings is 1. The molecule has 0 amide bonds. The second-order valence-corrected chi connectivity index (χ2v) is 3.84. The largest absolute Gasteiger partial charge is 0.378 e. The van der Waals surface area contributed by atoms with Gasteiger partial charge in [-0.15, -0.1) is 0 Å². The summed E-state index contributed by atoms with van der Waals surface area (Å²) < 4.78 is 20.3. The lowest BCUT2D eigenvalue weighted by Crippen LogP contribution is -2.35. The van der Waals surface area contributed by atoms with E-state index in [-0.39, 0.29) is 11.9 Å². The molecular formula is C11H12FN3O. The van der Waals surface area contributed by atoms with Gasteiger partial charge >= 0.3 is 0 Å². The van der Waals surface area contributed by atoms with Gasteiger partial charge in [-0.2, -0.15) is 0 Å². The molecule has 0 radical (unpaired) electrons. The number of rotatable bonds is 1. The minimum atomic E-state index is -0.244. The number of fused-ring (bicyclic) bond motifs is 1. The van der Waals surface area contributed by atoms with Gasteiger partial charge in [-0.1, -0.05) is 0 Å². The predicted molar refractivity (Wildman–Crippen MR) is 56.7 cm³/mol. The van der Waals surface area contributed by atoms with Crippen LogP contribution in [0.3, 0.4) is 0 Å². The highest BCUT2D eigenvalue weighted by Gasteiger charge is 2.19. The molecule has 2 aromatic rings. The monoisotopic (exact) mass is 221 g/mol. The summed E-state index contributed by atoms with van der Waals surface area (Å²) >= 11 is 0. The van der Waals surface area contributed by atoms with Crippen LogP contribution in [0.4, 0.5) is 4.39 Å². The zero-order valence-corrected chi connectivity index (χ0v) is 8.69. The van der Waals surface area contributed by atoms with Gasteiger partial charge in [-0.3, -0.25) is 0 Å². The Morgan fingerprint density at radius 2 is 2.50 bits per heavy atom. The van der Waals surface area contributed by atoms with E-state index in [1.807, 2.05) is 4.40 Å². The summed E-state index contributed by atoms with van der Waals surface area (Å²) in [5.41, 5.74) is 0.766. The van der Waals surface area contributed by atoms with E-state index in [0.29, 0.717) is 6.61 Å². The van der Waals surface area contributed by atoms with Crippen molar-refractivity contribution in [2.45, 2.75) is 6.04 Å². The third-order valence-electron chi connectivity index (χ3n) is 2.76. The van der Waals surface area contributed by atoms with E-state index in [1.54, 1.807) is 12.4 Å². The van der Waals surface area contributed by atoms with Crippen LogP contribution in [0.1, 0.15) is 11.9 Å². The van der Waals surface area contributed by atoms with Crippen molar-refractivity contribution >= 4 is 5.52 Å². The summed E-state index contributed by atoms with van der Waals surface area (Å²) in [6.07, 6.45) is 3.37. The zero-order valence-electron chi connectivity index (χ0n) is 8.69. The first-order valence-corrected chi connectivity index (χ1v) is 5.28. The van der Waals surface area contributed by atoms with Crippen molar-refractivity contribution in [2.75, 3.05) is 19.8 Å². The van der Waals surface area contributed by atoms with Gasteiger partial charge in [0.05, 0.1) is 31.0 Å². The van der Waals surface area contributed by atoms with Crippen molar-refractivity contribution in [3.63, 3.8) is 0 Å². The zero-order chi connectivity index (χ0) is 11.0. The number of aromatic nitrogens is 2. The summed E-state index contributed by atoms with van der Waals surface area (Å²) in [6, 6.07) is 2.99. The fourth-order valence-corrected chi connectivity index (χ4v) is 1.98. The van der Waals surface area contributed by atoms with Crippen molar-refractivity contribution in [3.05, 3.63) is 36.2 Å². The molecular weight excluding hydrogens is 209 g/mol. The van der Waals surface area contributed by atoms with E-state index in [0.717, 1.165) is 24.5 Å². The lowest BCUT2D eigenvalue weighted by atomic mass is 10.2. The van der Waals surface area contributed by atoms with Crippen molar-refractivity contribution in [3.8, 4) is 0 Å². The third-order valence-corrected chi connectivity index (χ3v) is 2.76. The van der Waals surface area contributed by atoms with Gasteiger partial charge in [-0.05, 0) is 12.1 Å². The minimum Gasteiger partial charge on any atom is -0.378 e. The van der Waals surface area contributed by atoms with Gasteiger partial charge < -0.3 is 14.5 Å². The second-order valence-electron chi connectivity index (χ2n) is 3.84. The van der Waals surface area contributed by atoms with Gasteiger partial charge in [0.2, 0.25) is 0 Å². The standard InChI is InChI=1S/C11H12FN3O/c12-8-1-3-15-9(5-8)6-14-11(15)10-7-16-4-2-13-10/h1,3,5-6,10,13H,2,4,7H2. The molecule has 1 unspecified atom stereocenters. The molecule has 0 bridgehead atoms. The second kappa shape index (κ2) is 3.84. The summed E-state index contributed by atoms with van der Waals surface area (Å²) in [7, 11) is 0. The number of ether oxygens (including phenoxy) is 1. The molecule has 4 nitrogen and oxygen atoms in total. The smallest absolute Gasteiger partial charge is 0.132 e. The van der Waals surface area contributed by atoms with Crippen molar-refractivity contribution < 1.29 is 9.13 Å². The van der Waals surface area contributed by atoms with Crippen LogP contribution in [0.25, 0.3) is 5.52 Å². The molecule has 3 heterocycles. The van der Waals surface area contributed by atoms with Crippen LogP contribution in [0.2, 0.25) is 0 Å². The predicted octanol–water partition coefficient (Wildman–Crippen LogP) is 1.13. The molecule has 3 rings (SSSR count). The van der Waals surface area contributed by atoms with Crippen LogP contribution in [0.15, 0.2) is 24.5 Å². The topological polar surface area (TPSA) is 38.6 Å². The molecule has 1 fully saturated rings. The number of pyridine rings is 1. The first kappa shape index (κ1) is 9.74. The minimum absolute atomic E-state index is 0.0849. The van der Waals surface area contributed by atoms with Crippen LogP contribution < -0.4 is 5.32 Å². The van der Waals surface area contributed by atoms with E-state index in [1.165, 1.54) is 12.1 Å². The van der Waals surface area contributed by atoms with Gasteiger partial charge in [0.15, 0.2) is 0 Å². The molecule has 0 aliphatic carbocycles. The summed E-state index contributed by atoms with van der Waals surface area (Å²) in [5, 5.41) is 3.33. The van der Waals surface area contributed by atoms with Crippen LogP contribution in [-0.2, 0) is 4.74 Å². The van der Waals surface area contributed by atoms with Gasteiger partial charge in [0.1, 0.15) is 11.6 Å². The highest BCUT2D eigenvalue weighted by Crippen LogP contribution is 2.17. The maximum Gasteiger partial charge on any atom is 0.132 e. The van der Waals surface area contributed by atoms with Crippen molar-refractivity contribution in [2.24, 2.45) is 0 Å². The Morgan fingerprint density at radius 3 is 3.31 bits per heavy atom. The van der Waals surface area contributed by atoms with E-state index in [2.05, 4.69) is 10.3 Å². The Bertz CT molecular complexity index is 505. The Labute approximate surface area is 92.1 Å². The Kier molecular flexibility index (Phi) is 2.34. The molecule has 1 atom stereocenters. The molecule has 16 heavy (non-hydrogen) atoms. The highest BCUT2D eigenvalue weighted by atomic mass is 19.1. The lowest BCUT2D eigenvalue weighted by Gasteiger charge is -2.22. The average Bonchev–Trinajstić information content (AvgIpc) is 2.73. The maximum absolute atomic E-state index is 13.0. The van der Waals surface area contributed by atoms with Crippen molar-refractivity contribution in [1.29, 1.82) is 0 Å². The normalized spacial score (nSPS) is 21.4. The first-order chi connectivity index (χ1) is 7.84. The first-order valence-electron chi connectivity index (χ1n) is 5.28. The van der Waals surface area contributed by atoms with E-state index >= 15 is 0 Å². The Hall–Kier alpha value is -1.46. The SMILES string of the molecule is Fc1ccn2c(C3COCCN3)ncc2c1. The number of morpholine rings is 1. The lowest BCUT2D eigenvalue weighted by molar-refractivity contribution is 0.0740. The molecule has 5 heteroatoms. The van der Waals surface area contributed by atoms with Gasteiger partial charge in [-0.25, -0.2) is 9.37 Å². The fourth-order valence-electron chi connectivity index (χ4n) is 1.98. The molecule has 2 aromatic heterocycles. The molecule has 1 saturated heterocycles. The Balaban J connectivity index is 2.03.